The van der Waals surface area contributed by atoms with Crippen molar-refractivity contribution < 1.29 is 19.6 Å². The molecule has 0 saturated heterocycles. The van der Waals surface area contributed by atoms with Crippen LogP contribution in [0.1, 0.15) is 16.7 Å². The number of non-ortho nitro benzene ring substituents is 1. The second kappa shape index (κ2) is 7.88. The van der Waals surface area contributed by atoms with E-state index in [9.17, 15) is 24.8 Å². The minimum Gasteiger partial charge on any atom is -0.507 e. The van der Waals surface area contributed by atoms with Gasteiger partial charge in [-0.15, -0.1) is 0 Å². The van der Waals surface area contributed by atoms with E-state index in [1.807, 2.05) is 24.5 Å². The lowest BCUT2D eigenvalue weighted by Crippen LogP contribution is -2.32. The number of hydrazone groups is 1. The molecule has 0 fully saturated rings. The van der Waals surface area contributed by atoms with E-state index in [0.717, 1.165) is 35.5 Å². The third-order valence-electron chi connectivity index (χ3n) is 3.44. The lowest BCUT2D eigenvalue weighted by atomic mass is 10.1. The average Bonchev–Trinajstić information content (AvgIpc) is 2.59. The quantitative estimate of drug-likeness (QED) is 0.333. The number of anilines is 1. The van der Waals surface area contributed by atoms with E-state index in [2.05, 4.69) is 10.4 Å². The molecule has 0 aliphatic heterocycles. The molecule has 2 rings (SSSR count). The molecule has 0 unspecified atom stereocenters. The average molecular weight is 356 g/mol. The molecule has 2 aromatic carbocycles. The van der Waals surface area contributed by atoms with Gasteiger partial charge in [0.2, 0.25) is 0 Å². The number of aryl methyl sites for hydroxylation is 2. The molecule has 0 saturated carbocycles. The number of amides is 2. The highest BCUT2D eigenvalue weighted by molar-refractivity contribution is 6.39. The molecule has 134 valence electrons. The molecule has 0 aliphatic carbocycles. The Bertz CT molecular complexity index is 908. The molecule has 2 amide bonds. The van der Waals surface area contributed by atoms with Gasteiger partial charge in [0.1, 0.15) is 5.75 Å². The van der Waals surface area contributed by atoms with Crippen molar-refractivity contribution in [3.63, 3.8) is 0 Å². The number of aromatic hydroxyl groups is 1. The predicted octanol–water partition coefficient (Wildman–Crippen LogP) is 2.01. The minimum absolute atomic E-state index is 0.0226. The Morgan fingerprint density at radius 1 is 1.15 bits per heavy atom. The first-order valence-corrected chi connectivity index (χ1v) is 7.47. The van der Waals surface area contributed by atoms with E-state index in [-0.39, 0.29) is 17.0 Å². The summed E-state index contributed by atoms with van der Waals surface area (Å²) in [5.41, 5.74) is 3.99. The molecule has 0 aliphatic rings. The van der Waals surface area contributed by atoms with Crippen molar-refractivity contribution in [1.82, 2.24) is 5.43 Å². The molecule has 3 N–H and O–H groups in total. The van der Waals surface area contributed by atoms with Gasteiger partial charge in [0.15, 0.2) is 0 Å². The second-order valence-corrected chi connectivity index (χ2v) is 5.47. The SMILES string of the molecule is Cc1ccc(C)c(NC(=O)C(=O)NN=Cc2cc([N+](=O)[O-])ccc2O)c1. The first kappa shape index (κ1) is 18.6. The van der Waals surface area contributed by atoms with Crippen LogP contribution in [-0.4, -0.2) is 28.1 Å². The van der Waals surface area contributed by atoms with Gasteiger partial charge in [0.05, 0.1) is 11.1 Å². The Morgan fingerprint density at radius 3 is 2.58 bits per heavy atom. The fraction of sp³-hybridized carbons (Fsp3) is 0.118. The van der Waals surface area contributed by atoms with Gasteiger partial charge < -0.3 is 10.4 Å². The summed E-state index contributed by atoms with van der Waals surface area (Å²) in [7, 11) is 0. The highest BCUT2D eigenvalue weighted by Gasteiger charge is 2.14. The predicted molar refractivity (Wildman–Crippen MR) is 95.0 cm³/mol. The molecule has 9 heteroatoms. The van der Waals surface area contributed by atoms with Crippen LogP contribution in [0, 0.1) is 24.0 Å². The minimum atomic E-state index is -1.02. The maximum absolute atomic E-state index is 11.9. The summed E-state index contributed by atoms with van der Waals surface area (Å²) >= 11 is 0. The normalized spacial score (nSPS) is 10.5. The molecule has 0 spiro atoms. The number of nitro benzene ring substituents is 1. The van der Waals surface area contributed by atoms with Crippen molar-refractivity contribution in [2.45, 2.75) is 13.8 Å². The Hall–Kier alpha value is -3.75. The fourth-order valence-corrected chi connectivity index (χ4v) is 2.02. The Labute approximate surface area is 148 Å². The number of nitrogens with zero attached hydrogens (tertiary/aromatic N) is 2. The number of carbonyl (C=O) groups excluding carboxylic acids is 2. The molecule has 0 bridgehead atoms. The number of nitrogens with one attached hydrogen (secondary N) is 2. The number of phenolic OH excluding ortho intramolecular Hbond substituents is 1. The molecule has 2 aromatic rings. The van der Waals surface area contributed by atoms with Crippen LogP contribution in [0.2, 0.25) is 0 Å². The van der Waals surface area contributed by atoms with Gasteiger partial charge in [0, 0.05) is 23.4 Å². The van der Waals surface area contributed by atoms with Crippen molar-refractivity contribution in [2.75, 3.05) is 5.32 Å². The van der Waals surface area contributed by atoms with E-state index < -0.39 is 16.7 Å². The summed E-state index contributed by atoms with van der Waals surface area (Å²) in [6, 6.07) is 8.76. The molecule has 9 nitrogen and oxygen atoms in total. The molecule has 0 aromatic heterocycles. The number of nitro groups is 1. The van der Waals surface area contributed by atoms with Crippen LogP contribution in [0.3, 0.4) is 0 Å². The van der Waals surface area contributed by atoms with Gasteiger partial charge in [0.25, 0.3) is 5.69 Å². The topological polar surface area (TPSA) is 134 Å². The molecular formula is C17H16N4O5. The third kappa shape index (κ3) is 4.63. The summed E-state index contributed by atoms with van der Waals surface area (Å²) in [5, 5.41) is 26.4. The lowest BCUT2D eigenvalue weighted by molar-refractivity contribution is -0.384. The first-order valence-electron chi connectivity index (χ1n) is 7.47. The van der Waals surface area contributed by atoms with Crippen LogP contribution in [0.4, 0.5) is 11.4 Å². The van der Waals surface area contributed by atoms with Gasteiger partial charge in [-0.25, -0.2) is 5.43 Å². The number of rotatable bonds is 4. The van der Waals surface area contributed by atoms with Gasteiger partial charge >= 0.3 is 11.8 Å². The van der Waals surface area contributed by atoms with Gasteiger partial charge in [-0.3, -0.25) is 19.7 Å². The van der Waals surface area contributed by atoms with E-state index in [0.29, 0.717) is 5.69 Å². The Morgan fingerprint density at radius 2 is 1.88 bits per heavy atom. The molecule has 0 heterocycles. The standard InChI is InChI=1S/C17H16N4O5/c1-10-3-4-11(2)14(7-10)19-16(23)17(24)20-18-9-12-8-13(21(25)26)5-6-15(12)22/h3-9,22H,1-2H3,(H,19,23)(H,20,24). The summed E-state index contributed by atoms with van der Waals surface area (Å²) in [6.07, 6.45) is 1.01. The van der Waals surface area contributed by atoms with Gasteiger partial charge in [-0.1, -0.05) is 12.1 Å². The van der Waals surface area contributed by atoms with Crippen molar-refractivity contribution >= 4 is 29.4 Å². The Kier molecular flexibility index (Phi) is 5.63. The molecule has 0 radical (unpaired) electrons. The molecular weight excluding hydrogens is 340 g/mol. The van der Waals surface area contributed by atoms with Crippen LogP contribution in [0.15, 0.2) is 41.5 Å². The number of hydrogen-bond acceptors (Lipinski definition) is 6. The largest absolute Gasteiger partial charge is 0.507 e. The zero-order valence-corrected chi connectivity index (χ0v) is 14.0. The van der Waals surface area contributed by atoms with E-state index in [4.69, 9.17) is 0 Å². The van der Waals surface area contributed by atoms with Crippen LogP contribution < -0.4 is 10.7 Å². The monoisotopic (exact) mass is 356 g/mol. The number of benzene rings is 2. The number of hydrogen-bond donors (Lipinski definition) is 3. The maximum atomic E-state index is 11.9. The van der Waals surface area contributed by atoms with Crippen molar-refractivity contribution in [2.24, 2.45) is 5.10 Å². The third-order valence-corrected chi connectivity index (χ3v) is 3.44. The Balaban J connectivity index is 2.03. The van der Waals surface area contributed by atoms with Crippen LogP contribution in [-0.2, 0) is 9.59 Å². The van der Waals surface area contributed by atoms with E-state index >= 15 is 0 Å². The number of carbonyl (C=O) groups is 2. The zero-order valence-electron chi connectivity index (χ0n) is 14.0. The van der Waals surface area contributed by atoms with Crippen molar-refractivity contribution in [3.05, 3.63) is 63.2 Å². The summed E-state index contributed by atoms with van der Waals surface area (Å²) in [6.45, 7) is 3.64. The van der Waals surface area contributed by atoms with Gasteiger partial charge in [-0.05, 0) is 37.1 Å². The summed E-state index contributed by atoms with van der Waals surface area (Å²) < 4.78 is 0. The lowest BCUT2D eigenvalue weighted by Gasteiger charge is -2.08. The molecule has 26 heavy (non-hydrogen) atoms. The summed E-state index contributed by atoms with van der Waals surface area (Å²) in [5.74, 6) is -2.19. The highest BCUT2D eigenvalue weighted by Crippen LogP contribution is 2.21. The van der Waals surface area contributed by atoms with Gasteiger partial charge in [-0.2, -0.15) is 5.10 Å². The second-order valence-electron chi connectivity index (χ2n) is 5.47. The highest BCUT2D eigenvalue weighted by atomic mass is 16.6. The fourth-order valence-electron chi connectivity index (χ4n) is 2.02. The summed E-state index contributed by atoms with van der Waals surface area (Å²) in [4.78, 5) is 33.8. The van der Waals surface area contributed by atoms with Crippen LogP contribution in [0.5, 0.6) is 5.75 Å². The van der Waals surface area contributed by atoms with Crippen molar-refractivity contribution in [3.8, 4) is 5.75 Å². The van der Waals surface area contributed by atoms with E-state index in [1.54, 1.807) is 13.0 Å². The van der Waals surface area contributed by atoms with Crippen LogP contribution >= 0.6 is 0 Å². The van der Waals surface area contributed by atoms with Crippen molar-refractivity contribution in [1.29, 1.82) is 0 Å². The molecule has 0 atom stereocenters. The van der Waals surface area contributed by atoms with E-state index in [1.165, 1.54) is 0 Å². The number of phenols is 1. The first-order chi connectivity index (χ1) is 12.3. The zero-order chi connectivity index (χ0) is 19.3. The van der Waals surface area contributed by atoms with Crippen LogP contribution in [0.25, 0.3) is 0 Å². The maximum Gasteiger partial charge on any atom is 0.329 e. The smallest absolute Gasteiger partial charge is 0.329 e.